The monoisotopic (exact) mass is 271 g/mol. The number of anilines is 1. The van der Waals surface area contributed by atoms with Gasteiger partial charge in [0.15, 0.2) is 6.61 Å². The van der Waals surface area contributed by atoms with Gasteiger partial charge in [0.2, 0.25) is 0 Å². The molecule has 0 atom stereocenters. The Morgan fingerprint density at radius 3 is 2.65 bits per heavy atom. The highest BCUT2D eigenvalue weighted by Gasteiger charge is 2.05. The predicted molar refractivity (Wildman–Crippen MR) is 73.8 cm³/mol. The van der Waals surface area contributed by atoms with E-state index in [9.17, 15) is 9.59 Å². The Labute approximate surface area is 115 Å². The van der Waals surface area contributed by atoms with Crippen LogP contribution in [-0.4, -0.2) is 18.5 Å². The second-order valence-electron chi connectivity index (χ2n) is 3.87. The van der Waals surface area contributed by atoms with Crippen LogP contribution in [0.1, 0.15) is 5.76 Å². The molecular formula is C15H13NO4. The first-order chi connectivity index (χ1) is 9.74. The molecule has 2 rings (SSSR count). The molecule has 1 heterocycles. The van der Waals surface area contributed by atoms with Gasteiger partial charge in [0.1, 0.15) is 5.76 Å². The first-order valence-electron chi connectivity index (χ1n) is 5.97. The van der Waals surface area contributed by atoms with Crippen LogP contribution in [0, 0.1) is 0 Å². The van der Waals surface area contributed by atoms with Gasteiger partial charge in [-0.05, 0) is 30.3 Å². The standard InChI is InChI=1S/C15H13NO4/c17-14(16-12-5-2-1-3-6-12)11-20-15(18)9-8-13-7-4-10-19-13/h1-10H,11H2,(H,16,17). The molecule has 0 bridgehead atoms. The van der Waals surface area contributed by atoms with Gasteiger partial charge in [-0.1, -0.05) is 18.2 Å². The number of benzene rings is 1. The van der Waals surface area contributed by atoms with E-state index in [-0.39, 0.29) is 6.61 Å². The minimum atomic E-state index is -0.607. The first kappa shape index (κ1) is 13.6. The van der Waals surface area contributed by atoms with Crippen molar-refractivity contribution in [3.63, 3.8) is 0 Å². The number of nitrogens with one attached hydrogen (secondary N) is 1. The smallest absolute Gasteiger partial charge is 0.331 e. The average Bonchev–Trinajstić information content (AvgIpc) is 2.97. The van der Waals surface area contributed by atoms with E-state index in [1.54, 1.807) is 36.4 Å². The highest BCUT2D eigenvalue weighted by molar-refractivity contribution is 5.94. The van der Waals surface area contributed by atoms with Gasteiger partial charge < -0.3 is 14.5 Å². The number of amides is 1. The molecule has 5 nitrogen and oxygen atoms in total. The Bertz CT molecular complexity index is 588. The Morgan fingerprint density at radius 2 is 1.95 bits per heavy atom. The van der Waals surface area contributed by atoms with Crippen molar-refractivity contribution >= 4 is 23.6 Å². The number of carbonyl (C=O) groups is 2. The van der Waals surface area contributed by atoms with Crippen LogP contribution in [0.3, 0.4) is 0 Å². The van der Waals surface area contributed by atoms with Gasteiger partial charge in [-0.25, -0.2) is 4.79 Å². The number of furan rings is 1. The van der Waals surface area contributed by atoms with Crippen molar-refractivity contribution in [2.24, 2.45) is 0 Å². The highest BCUT2D eigenvalue weighted by Crippen LogP contribution is 2.05. The number of rotatable bonds is 5. The fourth-order valence-electron chi connectivity index (χ4n) is 1.44. The van der Waals surface area contributed by atoms with Crippen molar-refractivity contribution in [1.82, 2.24) is 0 Å². The molecule has 2 aromatic rings. The quantitative estimate of drug-likeness (QED) is 0.670. The third-order valence-electron chi connectivity index (χ3n) is 2.33. The molecule has 1 N–H and O–H groups in total. The molecule has 0 unspecified atom stereocenters. The fourth-order valence-corrected chi connectivity index (χ4v) is 1.44. The Morgan fingerprint density at radius 1 is 1.15 bits per heavy atom. The number of esters is 1. The molecule has 0 saturated carbocycles. The van der Waals surface area contributed by atoms with Crippen LogP contribution in [-0.2, 0) is 14.3 Å². The molecule has 0 radical (unpaired) electrons. The largest absolute Gasteiger partial charge is 0.465 e. The van der Waals surface area contributed by atoms with Crippen molar-refractivity contribution in [2.75, 3.05) is 11.9 Å². The van der Waals surface area contributed by atoms with Crippen molar-refractivity contribution < 1.29 is 18.7 Å². The summed E-state index contributed by atoms with van der Waals surface area (Å²) in [6, 6.07) is 12.3. The predicted octanol–water partition coefficient (Wildman–Crippen LogP) is 2.47. The van der Waals surface area contributed by atoms with E-state index in [1.807, 2.05) is 6.07 Å². The van der Waals surface area contributed by atoms with Crippen molar-refractivity contribution in [3.05, 3.63) is 60.6 Å². The van der Waals surface area contributed by atoms with Gasteiger partial charge in [0.05, 0.1) is 6.26 Å². The van der Waals surface area contributed by atoms with Gasteiger partial charge in [-0.15, -0.1) is 0 Å². The Balaban J connectivity index is 1.74. The van der Waals surface area contributed by atoms with E-state index >= 15 is 0 Å². The molecule has 5 heteroatoms. The summed E-state index contributed by atoms with van der Waals surface area (Å²) in [5.41, 5.74) is 0.652. The summed E-state index contributed by atoms with van der Waals surface area (Å²) in [4.78, 5) is 22.9. The fraction of sp³-hybridized carbons (Fsp3) is 0.0667. The van der Waals surface area contributed by atoms with Gasteiger partial charge in [-0.3, -0.25) is 4.79 Å². The summed E-state index contributed by atoms with van der Waals surface area (Å²) < 4.78 is 9.81. The maximum Gasteiger partial charge on any atom is 0.331 e. The minimum absolute atomic E-state index is 0.337. The highest BCUT2D eigenvalue weighted by atomic mass is 16.5. The van der Waals surface area contributed by atoms with Gasteiger partial charge in [0, 0.05) is 11.8 Å². The molecule has 0 aliphatic rings. The van der Waals surface area contributed by atoms with Gasteiger partial charge in [-0.2, -0.15) is 0 Å². The number of carbonyl (C=O) groups excluding carboxylic acids is 2. The lowest BCUT2D eigenvalue weighted by atomic mass is 10.3. The van der Waals surface area contributed by atoms with Gasteiger partial charge in [0.25, 0.3) is 5.91 Å². The number of para-hydroxylation sites is 1. The molecule has 0 spiro atoms. The van der Waals surface area contributed by atoms with Crippen LogP contribution >= 0.6 is 0 Å². The molecule has 0 aliphatic carbocycles. The van der Waals surface area contributed by atoms with Crippen molar-refractivity contribution in [2.45, 2.75) is 0 Å². The molecular weight excluding hydrogens is 258 g/mol. The summed E-state index contributed by atoms with van der Waals surface area (Å²) in [6.07, 6.45) is 4.17. The van der Waals surface area contributed by atoms with Crippen LogP contribution in [0.5, 0.6) is 0 Å². The zero-order valence-corrected chi connectivity index (χ0v) is 10.6. The minimum Gasteiger partial charge on any atom is -0.465 e. The summed E-state index contributed by atoms with van der Waals surface area (Å²) in [5, 5.41) is 2.61. The third-order valence-corrected chi connectivity index (χ3v) is 2.33. The molecule has 1 aromatic heterocycles. The van der Waals surface area contributed by atoms with E-state index in [0.29, 0.717) is 11.4 Å². The molecule has 1 amide bonds. The molecule has 102 valence electrons. The van der Waals surface area contributed by atoms with Crippen LogP contribution < -0.4 is 5.32 Å². The lowest BCUT2D eigenvalue weighted by molar-refractivity contribution is -0.142. The molecule has 1 aromatic carbocycles. The lowest BCUT2D eigenvalue weighted by Gasteiger charge is -2.04. The average molecular weight is 271 g/mol. The SMILES string of the molecule is O=C(COC(=O)C=Cc1ccco1)Nc1ccccc1. The molecule has 0 fully saturated rings. The summed E-state index contributed by atoms with van der Waals surface area (Å²) in [5.74, 6) is -0.462. The summed E-state index contributed by atoms with van der Waals surface area (Å²) >= 11 is 0. The second kappa shape index (κ2) is 6.94. The summed E-state index contributed by atoms with van der Waals surface area (Å²) in [7, 11) is 0. The maximum atomic E-state index is 11.5. The normalized spacial score (nSPS) is 10.4. The lowest BCUT2D eigenvalue weighted by Crippen LogP contribution is -2.20. The maximum absolute atomic E-state index is 11.5. The summed E-state index contributed by atoms with van der Waals surface area (Å²) in [6.45, 7) is -0.337. The zero-order valence-electron chi connectivity index (χ0n) is 10.6. The molecule has 20 heavy (non-hydrogen) atoms. The Kier molecular flexibility index (Phi) is 4.72. The number of hydrogen-bond acceptors (Lipinski definition) is 4. The van der Waals surface area contributed by atoms with E-state index in [2.05, 4.69) is 5.32 Å². The number of ether oxygens (including phenoxy) is 1. The Hall–Kier alpha value is -2.82. The second-order valence-corrected chi connectivity index (χ2v) is 3.87. The number of hydrogen-bond donors (Lipinski definition) is 1. The third kappa shape index (κ3) is 4.45. The zero-order chi connectivity index (χ0) is 14.2. The molecule has 0 aliphatic heterocycles. The van der Waals surface area contributed by atoms with E-state index in [0.717, 1.165) is 0 Å². The van der Waals surface area contributed by atoms with E-state index < -0.39 is 11.9 Å². The van der Waals surface area contributed by atoms with Crippen molar-refractivity contribution in [3.8, 4) is 0 Å². The van der Waals surface area contributed by atoms with E-state index in [1.165, 1.54) is 18.4 Å². The van der Waals surface area contributed by atoms with Crippen LogP contribution in [0.2, 0.25) is 0 Å². The van der Waals surface area contributed by atoms with Gasteiger partial charge >= 0.3 is 5.97 Å². The topological polar surface area (TPSA) is 68.5 Å². The van der Waals surface area contributed by atoms with Crippen molar-refractivity contribution in [1.29, 1.82) is 0 Å². The first-order valence-corrected chi connectivity index (χ1v) is 5.97. The van der Waals surface area contributed by atoms with E-state index in [4.69, 9.17) is 9.15 Å². The molecule has 0 saturated heterocycles. The van der Waals surface area contributed by atoms with Crippen LogP contribution in [0.4, 0.5) is 5.69 Å². The van der Waals surface area contributed by atoms with Crippen LogP contribution in [0.25, 0.3) is 6.08 Å². The van der Waals surface area contributed by atoms with Crippen LogP contribution in [0.15, 0.2) is 59.2 Å².